The highest BCUT2D eigenvalue weighted by Crippen LogP contribution is 2.36. The van der Waals surface area contributed by atoms with Gasteiger partial charge in [0, 0.05) is 42.4 Å². The monoisotopic (exact) mass is 393 g/mol. The summed E-state index contributed by atoms with van der Waals surface area (Å²) in [6, 6.07) is 8.94. The van der Waals surface area contributed by atoms with Crippen molar-refractivity contribution in [3.05, 3.63) is 48.0 Å². The lowest BCUT2D eigenvalue weighted by atomic mass is 9.91. The maximum absolute atomic E-state index is 14.6. The third-order valence-corrected chi connectivity index (χ3v) is 5.50. The average Bonchev–Trinajstić information content (AvgIpc) is 3.11. The van der Waals surface area contributed by atoms with Gasteiger partial charge in [0.1, 0.15) is 5.52 Å². The number of hydrogen-bond donors (Lipinski definition) is 3. The Morgan fingerprint density at radius 1 is 1.17 bits per heavy atom. The second kappa shape index (κ2) is 6.75. The van der Waals surface area contributed by atoms with Crippen molar-refractivity contribution in [1.82, 2.24) is 25.1 Å². The molecule has 2 atom stereocenters. The zero-order valence-corrected chi connectivity index (χ0v) is 15.8. The number of aryl methyl sites for hydroxylation is 1. The molecule has 1 aliphatic rings. The first-order valence-electron chi connectivity index (χ1n) is 9.53. The number of nitrogens with zero attached hydrogens (tertiary/aromatic N) is 4. The van der Waals surface area contributed by atoms with Crippen LogP contribution in [0.1, 0.15) is 18.0 Å². The molecule has 0 amide bonds. The van der Waals surface area contributed by atoms with Gasteiger partial charge in [-0.25, -0.2) is 9.37 Å². The molecule has 148 valence electrons. The molecule has 0 bridgehead atoms. The fourth-order valence-corrected chi connectivity index (χ4v) is 4.00. The van der Waals surface area contributed by atoms with Crippen LogP contribution in [0.5, 0.6) is 5.75 Å². The lowest BCUT2D eigenvalue weighted by Gasteiger charge is -2.27. The molecule has 0 spiro atoms. The second-order valence-corrected chi connectivity index (χ2v) is 7.46. The molecule has 0 radical (unpaired) electrons. The van der Waals surface area contributed by atoms with Crippen molar-refractivity contribution in [3.8, 4) is 17.0 Å². The van der Waals surface area contributed by atoms with Crippen LogP contribution in [0.15, 0.2) is 36.5 Å². The minimum absolute atomic E-state index is 0.00791. The standard InChI is InChI=1S/C21H20FN5O2/c1-27-10-11-8-13(21(29)19(22)20(11)26-27)15-3-5-16-17(25-15)4-2-14(24-16)12-6-7-23-9-18(12)28/h2-5,8,10,12,18,23,28-29H,6-7,9H2,1H3. The number of halogens is 1. The number of aliphatic hydroxyl groups excluding tert-OH is 1. The molecule has 29 heavy (non-hydrogen) atoms. The van der Waals surface area contributed by atoms with E-state index >= 15 is 0 Å². The Kier molecular flexibility index (Phi) is 4.18. The summed E-state index contributed by atoms with van der Waals surface area (Å²) in [5.74, 6) is -1.23. The van der Waals surface area contributed by atoms with Gasteiger partial charge in [0.2, 0.25) is 0 Å². The van der Waals surface area contributed by atoms with E-state index in [2.05, 4.69) is 20.4 Å². The number of rotatable bonds is 2. The lowest BCUT2D eigenvalue weighted by molar-refractivity contribution is 0.117. The van der Waals surface area contributed by atoms with E-state index in [1.807, 2.05) is 12.1 Å². The fourth-order valence-electron chi connectivity index (χ4n) is 4.00. The van der Waals surface area contributed by atoms with E-state index in [0.717, 1.165) is 18.7 Å². The minimum Gasteiger partial charge on any atom is -0.504 e. The fraction of sp³-hybridized carbons (Fsp3) is 0.286. The molecule has 1 saturated heterocycles. The van der Waals surface area contributed by atoms with Crippen LogP contribution >= 0.6 is 0 Å². The van der Waals surface area contributed by atoms with E-state index in [9.17, 15) is 14.6 Å². The molecule has 0 aliphatic carbocycles. The molecule has 3 aromatic heterocycles. The molecule has 7 nitrogen and oxygen atoms in total. The van der Waals surface area contributed by atoms with E-state index in [4.69, 9.17) is 0 Å². The summed E-state index contributed by atoms with van der Waals surface area (Å²) in [6.45, 7) is 1.41. The van der Waals surface area contributed by atoms with Gasteiger partial charge in [-0.05, 0) is 43.3 Å². The van der Waals surface area contributed by atoms with Gasteiger partial charge >= 0.3 is 0 Å². The molecule has 3 N–H and O–H groups in total. The maximum atomic E-state index is 14.6. The number of benzene rings is 1. The topological polar surface area (TPSA) is 96.1 Å². The predicted molar refractivity (Wildman–Crippen MR) is 107 cm³/mol. The van der Waals surface area contributed by atoms with Crippen molar-refractivity contribution < 1.29 is 14.6 Å². The largest absolute Gasteiger partial charge is 0.504 e. The van der Waals surface area contributed by atoms with Crippen molar-refractivity contribution in [3.63, 3.8) is 0 Å². The zero-order chi connectivity index (χ0) is 20.1. The average molecular weight is 393 g/mol. The third-order valence-electron chi connectivity index (χ3n) is 5.50. The van der Waals surface area contributed by atoms with Crippen LogP contribution in [0.2, 0.25) is 0 Å². The summed E-state index contributed by atoms with van der Waals surface area (Å²) in [4.78, 5) is 9.25. The normalized spacial score (nSPS) is 19.8. The van der Waals surface area contributed by atoms with Gasteiger partial charge in [-0.2, -0.15) is 5.10 Å². The van der Waals surface area contributed by atoms with Crippen molar-refractivity contribution in [1.29, 1.82) is 0 Å². The number of fused-ring (bicyclic) bond motifs is 2. The van der Waals surface area contributed by atoms with Crippen LogP contribution in [0.25, 0.3) is 33.2 Å². The quantitative estimate of drug-likeness (QED) is 0.484. The minimum atomic E-state index is -0.756. The highest BCUT2D eigenvalue weighted by Gasteiger charge is 2.26. The summed E-state index contributed by atoms with van der Waals surface area (Å²) in [6.07, 6.45) is 2.05. The van der Waals surface area contributed by atoms with Gasteiger partial charge < -0.3 is 15.5 Å². The molecule has 0 saturated carbocycles. The number of aliphatic hydroxyl groups is 1. The molecule has 4 heterocycles. The Morgan fingerprint density at radius 2 is 1.97 bits per heavy atom. The molecule has 4 aromatic rings. The summed E-state index contributed by atoms with van der Waals surface area (Å²) >= 11 is 0. The number of aromatic nitrogens is 4. The Balaban J connectivity index is 1.58. The van der Waals surface area contributed by atoms with E-state index in [1.54, 1.807) is 31.4 Å². The van der Waals surface area contributed by atoms with Crippen molar-refractivity contribution in [2.75, 3.05) is 13.1 Å². The molecule has 2 unspecified atom stereocenters. The van der Waals surface area contributed by atoms with Crippen molar-refractivity contribution in [2.45, 2.75) is 18.4 Å². The van der Waals surface area contributed by atoms with Crippen LogP contribution < -0.4 is 5.32 Å². The van der Waals surface area contributed by atoms with Gasteiger partial charge in [0.15, 0.2) is 11.6 Å². The van der Waals surface area contributed by atoms with Gasteiger partial charge in [-0.15, -0.1) is 0 Å². The molecule has 1 aromatic carbocycles. The Morgan fingerprint density at radius 3 is 2.79 bits per heavy atom. The Bertz CT molecular complexity index is 1240. The summed E-state index contributed by atoms with van der Waals surface area (Å²) in [7, 11) is 1.70. The van der Waals surface area contributed by atoms with Crippen molar-refractivity contribution >= 4 is 21.9 Å². The first kappa shape index (κ1) is 18.0. The third kappa shape index (κ3) is 3.01. The number of β-amino-alcohol motifs (C(OH)–C–C–N with tert-alkyl or cyclic N) is 1. The zero-order valence-electron chi connectivity index (χ0n) is 15.8. The smallest absolute Gasteiger partial charge is 0.193 e. The molecule has 5 rings (SSSR count). The van der Waals surface area contributed by atoms with Crippen LogP contribution in [0.4, 0.5) is 4.39 Å². The summed E-state index contributed by atoms with van der Waals surface area (Å²) in [5, 5.41) is 28.4. The molecule has 1 fully saturated rings. The highest BCUT2D eigenvalue weighted by atomic mass is 19.1. The van der Waals surface area contributed by atoms with Crippen molar-refractivity contribution in [2.24, 2.45) is 7.05 Å². The molecular weight excluding hydrogens is 373 g/mol. The van der Waals surface area contributed by atoms with Crippen LogP contribution in [0.3, 0.4) is 0 Å². The molecule has 1 aliphatic heterocycles. The summed E-state index contributed by atoms with van der Waals surface area (Å²) < 4.78 is 16.1. The maximum Gasteiger partial charge on any atom is 0.193 e. The predicted octanol–water partition coefficient (Wildman–Crippen LogP) is 2.47. The number of nitrogens with one attached hydrogen (secondary N) is 1. The molecular formula is C21H20FN5O2. The van der Waals surface area contributed by atoms with E-state index < -0.39 is 17.7 Å². The van der Waals surface area contributed by atoms with Gasteiger partial charge in [-0.1, -0.05) is 0 Å². The number of phenols is 1. The highest BCUT2D eigenvalue weighted by molar-refractivity contribution is 5.89. The number of hydrogen-bond acceptors (Lipinski definition) is 6. The van der Waals surface area contributed by atoms with E-state index in [1.165, 1.54) is 4.68 Å². The lowest BCUT2D eigenvalue weighted by Crippen LogP contribution is -2.39. The summed E-state index contributed by atoms with van der Waals surface area (Å²) in [5.41, 5.74) is 3.06. The first-order valence-corrected chi connectivity index (χ1v) is 9.53. The number of pyridine rings is 2. The van der Waals surface area contributed by atoms with Crippen LogP contribution in [-0.4, -0.2) is 49.2 Å². The van der Waals surface area contributed by atoms with Crippen LogP contribution in [-0.2, 0) is 7.05 Å². The number of phenolic OH excluding ortho intramolecular Hbond substituents is 1. The van der Waals surface area contributed by atoms with E-state index in [-0.39, 0.29) is 11.4 Å². The second-order valence-electron chi connectivity index (χ2n) is 7.46. The van der Waals surface area contributed by atoms with Crippen LogP contribution in [0, 0.1) is 5.82 Å². The van der Waals surface area contributed by atoms with Gasteiger partial charge in [0.25, 0.3) is 0 Å². The Labute approximate surface area is 165 Å². The SMILES string of the molecule is Cn1cc2cc(-c3ccc4nc(C5CCNCC5O)ccc4n3)c(O)c(F)c2n1. The Hall–Kier alpha value is -3.10. The van der Waals surface area contributed by atoms with Gasteiger partial charge in [-0.3, -0.25) is 9.67 Å². The molecule has 8 heteroatoms. The van der Waals surface area contributed by atoms with E-state index in [0.29, 0.717) is 34.2 Å². The number of aromatic hydroxyl groups is 1. The number of piperidine rings is 1. The van der Waals surface area contributed by atoms with Gasteiger partial charge in [0.05, 0.1) is 22.8 Å². The first-order chi connectivity index (χ1) is 14.0.